The normalized spacial score (nSPS) is 15.3. The molecule has 6 nitrogen and oxygen atoms in total. The molecule has 0 aliphatic carbocycles. The lowest BCUT2D eigenvalue weighted by atomic mass is 10.2. The zero-order valence-corrected chi connectivity index (χ0v) is 12.8. The summed E-state index contributed by atoms with van der Waals surface area (Å²) in [4.78, 5) is 20.3. The van der Waals surface area contributed by atoms with Gasteiger partial charge in [0, 0.05) is 18.7 Å². The Kier molecular flexibility index (Phi) is 7.61. The van der Waals surface area contributed by atoms with Crippen molar-refractivity contribution in [3.05, 3.63) is 35.9 Å². The Morgan fingerprint density at radius 2 is 1.95 bits per heavy atom. The van der Waals surface area contributed by atoms with Crippen molar-refractivity contribution in [2.75, 3.05) is 25.5 Å². The molecule has 0 saturated carbocycles. The van der Waals surface area contributed by atoms with E-state index in [2.05, 4.69) is 5.73 Å². The molecule has 0 fully saturated rings. The molecule has 1 unspecified atom stereocenters. The molecular weight excluding hydrogens is 293 g/mol. The molecule has 1 rings (SSSR count). The van der Waals surface area contributed by atoms with E-state index in [0.29, 0.717) is 6.42 Å². The first kappa shape index (κ1) is 17.9. The fourth-order valence-corrected chi connectivity index (χ4v) is 2.96. The third kappa shape index (κ3) is 7.97. The fourth-order valence-electron chi connectivity index (χ4n) is 1.71. The third-order valence-electron chi connectivity index (χ3n) is 3.12. The van der Waals surface area contributed by atoms with Crippen molar-refractivity contribution in [1.82, 2.24) is 0 Å². The third-order valence-corrected chi connectivity index (χ3v) is 4.93. The molecule has 21 heavy (non-hydrogen) atoms. The molecule has 0 saturated heterocycles. The number of hydrogen-bond donors (Lipinski definition) is 2. The van der Waals surface area contributed by atoms with E-state index in [9.17, 15) is 19.4 Å². The lowest BCUT2D eigenvalue weighted by molar-refractivity contribution is -0.439. The number of aryl methyl sites for hydroxylation is 1. The van der Waals surface area contributed by atoms with Crippen molar-refractivity contribution < 1.29 is 29.8 Å². The molecular formula is C14H22NO5P. The SMILES string of the molecule is [NH3+][C@@H](CCOCCP(=O)(O)CCc1ccccc1)C(=O)[O-]. The summed E-state index contributed by atoms with van der Waals surface area (Å²) in [5.74, 6) is -1.21. The second-order valence-corrected chi connectivity index (χ2v) is 7.53. The quantitative estimate of drug-likeness (QED) is 0.436. The molecule has 0 spiro atoms. The summed E-state index contributed by atoms with van der Waals surface area (Å²) in [6.07, 6.45) is 1.09. The maximum absolute atomic E-state index is 12.0. The van der Waals surface area contributed by atoms with Crippen LogP contribution in [0, 0.1) is 0 Å². The minimum Gasteiger partial charge on any atom is -0.544 e. The molecule has 0 radical (unpaired) electrons. The Bertz CT molecular complexity index is 480. The highest BCUT2D eigenvalue weighted by atomic mass is 31.2. The van der Waals surface area contributed by atoms with Crippen molar-refractivity contribution in [3.63, 3.8) is 0 Å². The smallest absolute Gasteiger partial charge is 0.203 e. The van der Waals surface area contributed by atoms with E-state index < -0.39 is 19.4 Å². The first-order valence-corrected chi connectivity index (χ1v) is 8.90. The van der Waals surface area contributed by atoms with Crippen LogP contribution in [-0.2, 0) is 20.5 Å². The van der Waals surface area contributed by atoms with Gasteiger partial charge in [-0.15, -0.1) is 0 Å². The van der Waals surface area contributed by atoms with Gasteiger partial charge in [-0.05, 0) is 12.0 Å². The molecule has 7 heteroatoms. The Hall–Kier alpha value is -1.20. The van der Waals surface area contributed by atoms with Crippen LogP contribution in [0.1, 0.15) is 12.0 Å². The van der Waals surface area contributed by atoms with Gasteiger partial charge < -0.3 is 25.3 Å². The summed E-state index contributed by atoms with van der Waals surface area (Å²) >= 11 is 0. The minimum absolute atomic E-state index is 0.0764. The molecule has 118 valence electrons. The highest BCUT2D eigenvalue weighted by Crippen LogP contribution is 2.40. The summed E-state index contributed by atoms with van der Waals surface area (Å²) in [5, 5.41) is 10.4. The molecule has 4 N–H and O–H groups in total. The van der Waals surface area contributed by atoms with Gasteiger partial charge in [0.1, 0.15) is 6.04 Å². The maximum Gasteiger partial charge on any atom is 0.203 e. The van der Waals surface area contributed by atoms with Crippen LogP contribution < -0.4 is 10.8 Å². The number of carbonyl (C=O) groups is 1. The Balaban J connectivity index is 2.18. The van der Waals surface area contributed by atoms with Crippen LogP contribution in [-0.4, -0.2) is 42.4 Å². The van der Waals surface area contributed by atoms with Crippen LogP contribution in [0.15, 0.2) is 30.3 Å². The van der Waals surface area contributed by atoms with Crippen molar-refractivity contribution in [2.24, 2.45) is 0 Å². The first-order valence-electron chi connectivity index (χ1n) is 6.87. The fraction of sp³-hybridized carbons (Fsp3) is 0.500. The van der Waals surface area contributed by atoms with Gasteiger partial charge in [-0.3, -0.25) is 4.57 Å². The standard InChI is InChI=1S/C14H22NO5P/c15-13(14(16)17)6-8-20-9-11-21(18,19)10-7-12-4-2-1-3-5-12/h1-5,13H,6-11,15H2,(H,16,17)(H,18,19)/t13-/m0/s1. The molecule has 0 heterocycles. The van der Waals surface area contributed by atoms with Gasteiger partial charge in [-0.25, -0.2) is 0 Å². The molecule has 1 aromatic carbocycles. The van der Waals surface area contributed by atoms with Gasteiger partial charge in [0.2, 0.25) is 7.37 Å². The predicted molar refractivity (Wildman–Crippen MR) is 76.8 cm³/mol. The van der Waals surface area contributed by atoms with E-state index >= 15 is 0 Å². The van der Waals surface area contributed by atoms with E-state index in [4.69, 9.17) is 4.74 Å². The zero-order chi connectivity index (χ0) is 15.7. The summed E-state index contributed by atoms with van der Waals surface area (Å²) in [6.45, 7) is 0.336. The van der Waals surface area contributed by atoms with Crippen LogP contribution in [0.2, 0.25) is 0 Å². The molecule has 0 aliphatic rings. The van der Waals surface area contributed by atoms with Crippen LogP contribution in [0.25, 0.3) is 0 Å². The number of quaternary nitrogens is 1. The van der Waals surface area contributed by atoms with Gasteiger partial charge in [0.05, 0.1) is 19.2 Å². The van der Waals surface area contributed by atoms with E-state index in [1.807, 2.05) is 30.3 Å². The largest absolute Gasteiger partial charge is 0.544 e. The van der Waals surface area contributed by atoms with Gasteiger partial charge in [0.25, 0.3) is 0 Å². The maximum atomic E-state index is 12.0. The van der Waals surface area contributed by atoms with Crippen LogP contribution >= 0.6 is 7.37 Å². The van der Waals surface area contributed by atoms with Gasteiger partial charge in [-0.1, -0.05) is 30.3 Å². The van der Waals surface area contributed by atoms with Crippen molar-refractivity contribution in [2.45, 2.75) is 18.9 Å². The predicted octanol–water partition coefficient (Wildman–Crippen LogP) is -0.733. The van der Waals surface area contributed by atoms with Crippen LogP contribution in [0.5, 0.6) is 0 Å². The molecule has 0 bridgehead atoms. The highest BCUT2D eigenvalue weighted by Gasteiger charge is 2.17. The van der Waals surface area contributed by atoms with E-state index in [-0.39, 0.29) is 32.0 Å². The number of carbonyl (C=O) groups excluding carboxylic acids is 1. The summed E-state index contributed by atoms with van der Waals surface area (Å²) in [5.41, 5.74) is 4.43. The lowest BCUT2D eigenvalue weighted by Gasteiger charge is -2.13. The Labute approximate surface area is 124 Å². The number of benzene rings is 1. The minimum atomic E-state index is -3.21. The molecule has 0 aromatic heterocycles. The first-order chi connectivity index (χ1) is 9.91. The van der Waals surface area contributed by atoms with Gasteiger partial charge >= 0.3 is 0 Å². The monoisotopic (exact) mass is 315 g/mol. The Morgan fingerprint density at radius 1 is 1.29 bits per heavy atom. The van der Waals surface area contributed by atoms with Gasteiger partial charge in [-0.2, -0.15) is 0 Å². The summed E-state index contributed by atoms with van der Waals surface area (Å²) in [6, 6.07) is 8.72. The summed E-state index contributed by atoms with van der Waals surface area (Å²) < 4.78 is 17.1. The topological polar surface area (TPSA) is 114 Å². The summed E-state index contributed by atoms with van der Waals surface area (Å²) in [7, 11) is -3.21. The average molecular weight is 315 g/mol. The second kappa shape index (κ2) is 8.95. The molecule has 2 atom stereocenters. The molecule has 0 amide bonds. The average Bonchev–Trinajstić information content (AvgIpc) is 2.45. The molecule has 1 aromatic rings. The zero-order valence-electron chi connectivity index (χ0n) is 11.9. The number of ether oxygens (including phenoxy) is 1. The number of aliphatic carboxylic acids is 1. The Morgan fingerprint density at radius 3 is 2.57 bits per heavy atom. The number of carboxylic acids is 1. The van der Waals surface area contributed by atoms with Crippen molar-refractivity contribution in [3.8, 4) is 0 Å². The lowest BCUT2D eigenvalue weighted by Crippen LogP contribution is -2.68. The van der Waals surface area contributed by atoms with Crippen molar-refractivity contribution >= 4 is 13.3 Å². The van der Waals surface area contributed by atoms with Gasteiger partial charge in [0.15, 0.2) is 0 Å². The van der Waals surface area contributed by atoms with Crippen LogP contribution in [0.4, 0.5) is 0 Å². The number of hydrogen-bond acceptors (Lipinski definition) is 4. The second-order valence-electron chi connectivity index (χ2n) is 4.95. The molecule has 0 aliphatic heterocycles. The number of carboxylic acid groups (broad SMARTS) is 1. The van der Waals surface area contributed by atoms with E-state index in [0.717, 1.165) is 5.56 Å². The van der Waals surface area contributed by atoms with Crippen LogP contribution in [0.3, 0.4) is 0 Å². The highest BCUT2D eigenvalue weighted by molar-refractivity contribution is 7.58. The van der Waals surface area contributed by atoms with E-state index in [1.165, 1.54) is 0 Å². The van der Waals surface area contributed by atoms with Crippen molar-refractivity contribution in [1.29, 1.82) is 0 Å². The number of rotatable bonds is 10. The van der Waals surface area contributed by atoms with E-state index in [1.54, 1.807) is 0 Å².